The van der Waals surface area contributed by atoms with Crippen LogP contribution in [-0.4, -0.2) is 46.4 Å². The molecule has 0 aromatic carbocycles. The molecule has 0 unspecified atom stereocenters. The number of rotatable bonds is 5. The highest BCUT2D eigenvalue weighted by Gasteiger charge is 2.15. The molecule has 2 rings (SSSR count). The summed E-state index contributed by atoms with van der Waals surface area (Å²) in [5, 5.41) is 15.5. The average Bonchev–Trinajstić information content (AvgIpc) is 2.94. The van der Waals surface area contributed by atoms with Gasteiger partial charge in [-0.2, -0.15) is 5.10 Å². The molecular weight excluding hydrogens is 250 g/mol. The Balaban J connectivity index is 2.30. The molecule has 0 aliphatic heterocycles. The summed E-state index contributed by atoms with van der Waals surface area (Å²) in [5.41, 5.74) is 0.960. The summed E-state index contributed by atoms with van der Waals surface area (Å²) in [6, 6.07) is 5.50. The highest BCUT2D eigenvalue weighted by Crippen LogP contribution is 2.24. The Kier molecular flexibility index (Phi) is 3.78. The van der Waals surface area contributed by atoms with Crippen molar-refractivity contribution in [1.29, 1.82) is 0 Å². The van der Waals surface area contributed by atoms with Crippen molar-refractivity contribution in [2.75, 3.05) is 20.6 Å². The Hall–Kier alpha value is -1.66. The van der Waals surface area contributed by atoms with Crippen molar-refractivity contribution in [3.63, 3.8) is 0 Å². The largest absolute Gasteiger partial charge is 0.477 e. The maximum atomic E-state index is 11.2. The first-order chi connectivity index (χ1) is 8.58. The van der Waals surface area contributed by atoms with Crippen LogP contribution in [0.4, 0.5) is 0 Å². The molecular formula is C12H15N3O2S. The third-order valence-electron chi connectivity index (χ3n) is 2.53. The van der Waals surface area contributed by atoms with Gasteiger partial charge in [0.1, 0.15) is 11.4 Å². The van der Waals surface area contributed by atoms with E-state index in [9.17, 15) is 9.90 Å². The third kappa shape index (κ3) is 2.77. The normalized spacial score (nSPS) is 11.1. The van der Waals surface area contributed by atoms with Gasteiger partial charge in [0.2, 0.25) is 0 Å². The van der Waals surface area contributed by atoms with E-state index in [2.05, 4.69) is 5.10 Å². The summed E-state index contributed by atoms with van der Waals surface area (Å²) in [6.07, 6.45) is 0. The predicted octanol–water partition coefficient (Wildman–Crippen LogP) is 1.87. The molecule has 6 heteroatoms. The van der Waals surface area contributed by atoms with E-state index in [4.69, 9.17) is 0 Å². The number of nitrogens with zero attached hydrogens (tertiary/aromatic N) is 3. The molecule has 2 aromatic rings. The Labute approximate surface area is 109 Å². The van der Waals surface area contributed by atoms with Crippen LogP contribution in [0.1, 0.15) is 10.5 Å². The quantitative estimate of drug-likeness (QED) is 0.896. The number of likely N-dealkylation sites (N-methyl/N-ethyl adjacent to an activating group) is 1. The van der Waals surface area contributed by atoms with Crippen LogP contribution in [0.25, 0.3) is 10.6 Å². The fourth-order valence-corrected chi connectivity index (χ4v) is 2.28. The van der Waals surface area contributed by atoms with Gasteiger partial charge in [-0.3, -0.25) is 4.68 Å². The Morgan fingerprint density at radius 1 is 1.56 bits per heavy atom. The summed E-state index contributed by atoms with van der Waals surface area (Å²) in [4.78, 5) is 14.2. The Morgan fingerprint density at radius 3 is 2.89 bits per heavy atom. The van der Waals surface area contributed by atoms with Crippen LogP contribution in [0.15, 0.2) is 23.6 Å². The van der Waals surface area contributed by atoms with Crippen molar-refractivity contribution in [1.82, 2.24) is 14.7 Å². The predicted molar refractivity (Wildman–Crippen MR) is 71.1 cm³/mol. The smallest absolute Gasteiger partial charge is 0.354 e. The molecule has 2 aromatic heterocycles. The van der Waals surface area contributed by atoms with Crippen molar-refractivity contribution < 1.29 is 9.90 Å². The van der Waals surface area contributed by atoms with E-state index in [-0.39, 0.29) is 5.69 Å². The monoisotopic (exact) mass is 265 g/mol. The van der Waals surface area contributed by atoms with E-state index in [1.165, 1.54) is 0 Å². The lowest BCUT2D eigenvalue weighted by molar-refractivity contribution is 0.0682. The van der Waals surface area contributed by atoms with Crippen molar-refractivity contribution in [2.45, 2.75) is 6.54 Å². The molecule has 1 N–H and O–H groups in total. The van der Waals surface area contributed by atoms with Gasteiger partial charge in [0.25, 0.3) is 0 Å². The first-order valence-corrected chi connectivity index (χ1v) is 6.45. The second-order valence-electron chi connectivity index (χ2n) is 4.22. The standard InChI is InChI=1S/C12H15N3O2S/c1-14(2)5-6-15-10(12(16)17)8-9(13-15)11-4-3-7-18-11/h3-4,7-8H,5-6H2,1-2H3,(H,16,17). The van der Waals surface area contributed by atoms with Crippen molar-refractivity contribution >= 4 is 17.3 Å². The maximum absolute atomic E-state index is 11.2. The molecule has 0 spiro atoms. The maximum Gasteiger partial charge on any atom is 0.354 e. The second kappa shape index (κ2) is 5.32. The van der Waals surface area contributed by atoms with Crippen LogP contribution in [0.5, 0.6) is 0 Å². The molecule has 18 heavy (non-hydrogen) atoms. The zero-order chi connectivity index (χ0) is 13.1. The molecule has 0 amide bonds. The van der Waals surface area contributed by atoms with Crippen molar-refractivity contribution in [3.05, 3.63) is 29.3 Å². The highest BCUT2D eigenvalue weighted by molar-refractivity contribution is 7.13. The summed E-state index contributed by atoms with van der Waals surface area (Å²) >= 11 is 1.55. The van der Waals surface area contributed by atoms with E-state index >= 15 is 0 Å². The van der Waals surface area contributed by atoms with E-state index < -0.39 is 5.97 Å². The topological polar surface area (TPSA) is 58.4 Å². The number of hydrogen-bond acceptors (Lipinski definition) is 4. The number of thiophene rings is 1. The molecule has 5 nitrogen and oxygen atoms in total. The first kappa shape index (κ1) is 12.8. The van der Waals surface area contributed by atoms with Crippen LogP contribution in [0.2, 0.25) is 0 Å². The average molecular weight is 265 g/mol. The van der Waals surface area contributed by atoms with Crippen LogP contribution in [0, 0.1) is 0 Å². The summed E-state index contributed by atoms with van der Waals surface area (Å²) in [6.45, 7) is 1.33. The minimum Gasteiger partial charge on any atom is -0.477 e. The first-order valence-electron chi connectivity index (χ1n) is 5.57. The summed E-state index contributed by atoms with van der Waals surface area (Å²) in [5.74, 6) is -0.941. The molecule has 0 saturated carbocycles. The highest BCUT2D eigenvalue weighted by atomic mass is 32.1. The summed E-state index contributed by atoms with van der Waals surface area (Å²) < 4.78 is 1.55. The Bertz CT molecular complexity index is 532. The zero-order valence-corrected chi connectivity index (χ0v) is 11.1. The molecule has 0 bridgehead atoms. The van der Waals surface area contributed by atoms with Gasteiger partial charge in [-0.25, -0.2) is 4.79 Å². The van der Waals surface area contributed by atoms with Crippen LogP contribution in [-0.2, 0) is 6.54 Å². The van der Waals surface area contributed by atoms with Gasteiger partial charge < -0.3 is 10.0 Å². The van der Waals surface area contributed by atoms with Crippen molar-refractivity contribution in [3.8, 4) is 10.6 Å². The van der Waals surface area contributed by atoms with Gasteiger partial charge in [-0.15, -0.1) is 11.3 Å². The third-order valence-corrected chi connectivity index (χ3v) is 3.42. The second-order valence-corrected chi connectivity index (χ2v) is 5.17. The number of aromatic nitrogens is 2. The number of hydrogen-bond donors (Lipinski definition) is 1. The SMILES string of the molecule is CN(C)CCn1nc(-c2cccs2)cc1C(=O)O. The van der Waals surface area contributed by atoms with E-state index in [1.54, 1.807) is 22.1 Å². The molecule has 0 saturated heterocycles. The van der Waals surface area contributed by atoms with Gasteiger partial charge in [-0.05, 0) is 31.6 Å². The lowest BCUT2D eigenvalue weighted by Crippen LogP contribution is -2.21. The lowest BCUT2D eigenvalue weighted by atomic mass is 10.3. The van der Waals surface area contributed by atoms with Gasteiger partial charge in [0.05, 0.1) is 11.4 Å². The van der Waals surface area contributed by atoms with E-state index in [0.717, 1.165) is 17.1 Å². The van der Waals surface area contributed by atoms with Crippen LogP contribution < -0.4 is 0 Å². The van der Waals surface area contributed by atoms with Crippen LogP contribution >= 0.6 is 11.3 Å². The van der Waals surface area contributed by atoms with Crippen LogP contribution in [0.3, 0.4) is 0 Å². The fourth-order valence-electron chi connectivity index (χ4n) is 1.60. The fraction of sp³-hybridized carbons (Fsp3) is 0.333. The zero-order valence-electron chi connectivity index (χ0n) is 10.3. The van der Waals surface area contributed by atoms with Gasteiger partial charge >= 0.3 is 5.97 Å². The number of aromatic carboxylic acids is 1. The molecule has 0 aliphatic rings. The van der Waals surface area contributed by atoms with Gasteiger partial charge in [0, 0.05) is 6.54 Å². The van der Waals surface area contributed by atoms with Crippen molar-refractivity contribution in [2.24, 2.45) is 0 Å². The molecule has 0 fully saturated rings. The van der Waals surface area contributed by atoms with Gasteiger partial charge in [-0.1, -0.05) is 6.07 Å². The molecule has 0 atom stereocenters. The van der Waals surface area contributed by atoms with E-state index in [1.807, 2.05) is 36.5 Å². The molecule has 0 radical (unpaired) electrons. The lowest BCUT2D eigenvalue weighted by Gasteiger charge is -2.10. The minimum absolute atomic E-state index is 0.236. The number of carboxylic acids is 1. The minimum atomic E-state index is -0.941. The number of carbonyl (C=O) groups is 1. The molecule has 0 aliphatic carbocycles. The molecule has 2 heterocycles. The van der Waals surface area contributed by atoms with E-state index in [0.29, 0.717) is 6.54 Å². The summed E-state index contributed by atoms with van der Waals surface area (Å²) in [7, 11) is 3.90. The molecule has 96 valence electrons. The Morgan fingerprint density at radius 2 is 2.33 bits per heavy atom. The number of carboxylic acid groups (broad SMARTS) is 1. The van der Waals surface area contributed by atoms with Gasteiger partial charge in [0.15, 0.2) is 0 Å².